The standard InChI is InChI=1S/C17H28N4O/c1-13(2)15-10-21(11-16(15)20(3)4)12-17(22)19-9-14-7-5-6-8-18-14/h5-8,13,15-16H,9-12H2,1-4H3,(H,19,22)/t15-,16+/m1/s1. The van der Waals surface area contributed by atoms with E-state index in [9.17, 15) is 4.79 Å². The fraction of sp³-hybridized carbons (Fsp3) is 0.647. The van der Waals surface area contributed by atoms with E-state index in [0.717, 1.165) is 18.8 Å². The molecule has 5 nitrogen and oxygen atoms in total. The summed E-state index contributed by atoms with van der Waals surface area (Å²) in [5.41, 5.74) is 0.892. The maximum Gasteiger partial charge on any atom is 0.234 e. The predicted molar refractivity (Wildman–Crippen MR) is 88.3 cm³/mol. The Hall–Kier alpha value is -1.46. The van der Waals surface area contributed by atoms with Gasteiger partial charge in [0, 0.05) is 25.3 Å². The third-order valence-electron chi connectivity index (χ3n) is 4.49. The zero-order chi connectivity index (χ0) is 16.1. The van der Waals surface area contributed by atoms with Crippen LogP contribution in [0.25, 0.3) is 0 Å². The molecule has 2 atom stereocenters. The van der Waals surface area contributed by atoms with E-state index in [1.165, 1.54) is 0 Å². The van der Waals surface area contributed by atoms with Crippen LogP contribution in [0.3, 0.4) is 0 Å². The van der Waals surface area contributed by atoms with Crippen molar-refractivity contribution in [2.24, 2.45) is 11.8 Å². The van der Waals surface area contributed by atoms with Crippen molar-refractivity contribution in [1.29, 1.82) is 0 Å². The highest BCUT2D eigenvalue weighted by molar-refractivity contribution is 5.78. The van der Waals surface area contributed by atoms with Gasteiger partial charge in [0.15, 0.2) is 0 Å². The summed E-state index contributed by atoms with van der Waals surface area (Å²) in [6, 6.07) is 6.27. The molecule has 0 radical (unpaired) electrons. The summed E-state index contributed by atoms with van der Waals surface area (Å²) in [6.07, 6.45) is 1.75. The first-order valence-corrected chi connectivity index (χ1v) is 8.02. The molecule has 0 spiro atoms. The molecule has 0 aliphatic carbocycles. The van der Waals surface area contributed by atoms with E-state index in [1.807, 2.05) is 18.2 Å². The molecule has 22 heavy (non-hydrogen) atoms. The molecule has 1 aliphatic heterocycles. The van der Waals surface area contributed by atoms with E-state index in [-0.39, 0.29) is 5.91 Å². The van der Waals surface area contributed by atoms with Crippen LogP contribution in [0.15, 0.2) is 24.4 Å². The molecule has 0 saturated carbocycles. The Morgan fingerprint density at radius 2 is 2.18 bits per heavy atom. The van der Waals surface area contributed by atoms with Crippen molar-refractivity contribution in [3.05, 3.63) is 30.1 Å². The van der Waals surface area contributed by atoms with Crippen molar-refractivity contribution in [2.45, 2.75) is 26.4 Å². The topological polar surface area (TPSA) is 48.5 Å². The Labute approximate surface area is 133 Å². The second-order valence-electron chi connectivity index (χ2n) is 6.73. The molecular weight excluding hydrogens is 276 g/mol. The van der Waals surface area contributed by atoms with Crippen LogP contribution in [-0.2, 0) is 11.3 Å². The van der Waals surface area contributed by atoms with Gasteiger partial charge in [-0.15, -0.1) is 0 Å². The van der Waals surface area contributed by atoms with Crippen LogP contribution in [0.2, 0.25) is 0 Å². The third-order valence-corrected chi connectivity index (χ3v) is 4.49. The summed E-state index contributed by atoms with van der Waals surface area (Å²) < 4.78 is 0. The summed E-state index contributed by atoms with van der Waals surface area (Å²) in [6.45, 7) is 7.47. The molecule has 5 heteroatoms. The lowest BCUT2D eigenvalue weighted by molar-refractivity contribution is -0.122. The van der Waals surface area contributed by atoms with Crippen LogP contribution in [0, 0.1) is 11.8 Å². The highest BCUT2D eigenvalue weighted by atomic mass is 16.2. The number of nitrogens with one attached hydrogen (secondary N) is 1. The zero-order valence-electron chi connectivity index (χ0n) is 14.1. The van der Waals surface area contributed by atoms with Crippen molar-refractivity contribution in [2.75, 3.05) is 33.7 Å². The molecule has 1 N–H and O–H groups in total. The first-order chi connectivity index (χ1) is 10.5. The Balaban J connectivity index is 1.82. The van der Waals surface area contributed by atoms with Gasteiger partial charge in [-0.1, -0.05) is 19.9 Å². The first-order valence-electron chi connectivity index (χ1n) is 8.02. The number of nitrogens with zero attached hydrogens (tertiary/aromatic N) is 3. The van der Waals surface area contributed by atoms with E-state index in [0.29, 0.717) is 31.0 Å². The fourth-order valence-electron chi connectivity index (χ4n) is 3.18. The average Bonchev–Trinajstić information content (AvgIpc) is 2.90. The Bertz CT molecular complexity index is 459. The predicted octanol–water partition coefficient (Wildman–Crippen LogP) is 1.22. The zero-order valence-corrected chi connectivity index (χ0v) is 14.1. The molecule has 1 amide bonds. The van der Waals surface area contributed by atoms with E-state index in [4.69, 9.17) is 0 Å². The smallest absolute Gasteiger partial charge is 0.234 e. The molecule has 0 aromatic carbocycles. The van der Waals surface area contributed by atoms with E-state index in [1.54, 1.807) is 6.20 Å². The van der Waals surface area contributed by atoms with Gasteiger partial charge in [-0.3, -0.25) is 14.7 Å². The number of pyridine rings is 1. The molecule has 122 valence electrons. The number of amides is 1. The Morgan fingerprint density at radius 3 is 2.73 bits per heavy atom. The minimum absolute atomic E-state index is 0.0764. The summed E-state index contributed by atoms with van der Waals surface area (Å²) >= 11 is 0. The van der Waals surface area contributed by atoms with Crippen molar-refractivity contribution in [1.82, 2.24) is 20.1 Å². The van der Waals surface area contributed by atoms with Crippen molar-refractivity contribution >= 4 is 5.91 Å². The molecule has 2 rings (SSSR count). The van der Waals surface area contributed by atoms with Gasteiger partial charge in [0.05, 0.1) is 18.8 Å². The van der Waals surface area contributed by atoms with Gasteiger partial charge in [-0.05, 0) is 38.1 Å². The van der Waals surface area contributed by atoms with Gasteiger partial charge < -0.3 is 10.2 Å². The number of aromatic nitrogens is 1. The third kappa shape index (κ3) is 4.52. The van der Waals surface area contributed by atoms with Gasteiger partial charge in [0.25, 0.3) is 0 Å². The molecule has 1 saturated heterocycles. The first kappa shape index (κ1) is 16.9. The molecule has 1 aromatic heterocycles. The van der Waals surface area contributed by atoms with E-state index >= 15 is 0 Å². The number of hydrogen-bond acceptors (Lipinski definition) is 4. The number of rotatable bonds is 6. The minimum Gasteiger partial charge on any atom is -0.349 e. The number of hydrogen-bond donors (Lipinski definition) is 1. The molecule has 1 aliphatic rings. The maximum atomic E-state index is 12.1. The van der Waals surface area contributed by atoms with Crippen LogP contribution in [0.1, 0.15) is 19.5 Å². The second kappa shape index (κ2) is 7.70. The van der Waals surface area contributed by atoms with Crippen LogP contribution < -0.4 is 5.32 Å². The van der Waals surface area contributed by atoms with Gasteiger partial charge in [-0.25, -0.2) is 0 Å². The lowest BCUT2D eigenvalue weighted by Gasteiger charge is -2.27. The van der Waals surface area contributed by atoms with Crippen molar-refractivity contribution in [3.8, 4) is 0 Å². The number of carbonyl (C=O) groups excluding carboxylic acids is 1. The van der Waals surface area contributed by atoms with Gasteiger partial charge in [-0.2, -0.15) is 0 Å². The van der Waals surface area contributed by atoms with Gasteiger partial charge in [0.2, 0.25) is 5.91 Å². The van der Waals surface area contributed by atoms with Crippen LogP contribution in [0.5, 0.6) is 0 Å². The summed E-state index contributed by atoms with van der Waals surface area (Å²) in [5.74, 6) is 1.33. The summed E-state index contributed by atoms with van der Waals surface area (Å²) in [5, 5.41) is 2.96. The maximum absolute atomic E-state index is 12.1. The molecule has 2 heterocycles. The lowest BCUT2D eigenvalue weighted by atomic mass is 9.91. The van der Waals surface area contributed by atoms with Crippen molar-refractivity contribution < 1.29 is 4.79 Å². The highest BCUT2D eigenvalue weighted by Gasteiger charge is 2.36. The van der Waals surface area contributed by atoms with Gasteiger partial charge in [0.1, 0.15) is 0 Å². The fourth-order valence-corrected chi connectivity index (χ4v) is 3.18. The quantitative estimate of drug-likeness (QED) is 0.858. The van der Waals surface area contributed by atoms with Crippen LogP contribution >= 0.6 is 0 Å². The van der Waals surface area contributed by atoms with E-state index < -0.39 is 0 Å². The van der Waals surface area contributed by atoms with Crippen molar-refractivity contribution in [3.63, 3.8) is 0 Å². The van der Waals surface area contributed by atoms with Gasteiger partial charge >= 0.3 is 0 Å². The highest BCUT2D eigenvalue weighted by Crippen LogP contribution is 2.26. The lowest BCUT2D eigenvalue weighted by Crippen LogP contribution is -2.38. The van der Waals surface area contributed by atoms with Crippen LogP contribution in [-0.4, -0.2) is 60.5 Å². The largest absolute Gasteiger partial charge is 0.349 e. The summed E-state index contributed by atoms with van der Waals surface area (Å²) in [4.78, 5) is 20.9. The number of carbonyl (C=O) groups is 1. The minimum atomic E-state index is 0.0764. The molecule has 1 aromatic rings. The Kier molecular flexibility index (Phi) is 5.91. The molecule has 0 unspecified atom stereocenters. The number of likely N-dealkylation sites (N-methyl/N-ethyl adjacent to an activating group) is 1. The molecule has 0 bridgehead atoms. The molecule has 1 fully saturated rings. The normalized spacial score (nSPS) is 22.5. The Morgan fingerprint density at radius 1 is 1.41 bits per heavy atom. The molecular formula is C17H28N4O. The SMILES string of the molecule is CC(C)[C@H]1CN(CC(=O)NCc2ccccn2)C[C@@H]1N(C)C. The monoisotopic (exact) mass is 304 g/mol. The summed E-state index contributed by atoms with van der Waals surface area (Å²) in [7, 11) is 4.26. The average molecular weight is 304 g/mol. The van der Waals surface area contributed by atoms with E-state index in [2.05, 4.69) is 48.0 Å². The number of likely N-dealkylation sites (tertiary alicyclic amines) is 1. The second-order valence-corrected chi connectivity index (χ2v) is 6.73. The van der Waals surface area contributed by atoms with Crippen LogP contribution in [0.4, 0.5) is 0 Å².